The molecular weight excluding hydrogens is 368 g/mol. The average molecular weight is 394 g/mol. The molecule has 1 saturated carbocycles. The maximum atomic E-state index is 12.8. The van der Waals surface area contributed by atoms with E-state index in [-0.39, 0.29) is 31.1 Å². The van der Waals surface area contributed by atoms with E-state index in [0.29, 0.717) is 5.56 Å². The van der Waals surface area contributed by atoms with Crippen molar-refractivity contribution in [3.8, 4) is 11.5 Å². The van der Waals surface area contributed by atoms with Gasteiger partial charge in [-0.2, -0.15) is 0 Å². The van der Waals surface area contributed by atoms with Crippen molar-refractivity contribution < 1.29 is 38.8 Å². The molecule has 0 unspecified atom stereocenters. The number of esters is 2. The molecule has 1 aromatic rings. The summed E-state index contributed by atoms with van der Waals surface area (Å²) in [5.41, 5.74) is -1.35. The highest BCUT2D eigenvalue weighted by Crippen LogP contribution is 2.47. The Bertz CT molecular complexity index is 755. The molecule has 0 heterocycles. The zero-order chi connectivity index (χ0) is 21.1. The van der Waals surface area contributed by atoms with E-state index in [0.717, 1.165) is 0 Å². The van der Waals surface area contributed by atoms with E-state index in [9.17, 15) is 24.6 Å². The van der Waals surface area contributed by atoms with Crippen molar-refractivity contribution in [1.29, 1.82) is 0 Å². The number of carbonyl (C=O) groups excluding carboxylic acids is 3. The third kappa shape index (κ3) is 4.11. The summed E-state index contributed by atoms with van der Waals surface area (Å²) < 4.78 is 15.3. The first-order chi connectivity index (χ1) is 13.2. The van der Waals surface area contributed by atoms with Gasteiger partial charge in [-0.25, -0.2) is 0 Å². The highest BCUT2D eigenvalue weighted by molar-refractivity contribution is 6.02. The predicted octanol–water partition coefficient (Wildman–Crippen LogP) is 1.57. The lowest BCUT2D eigenvalue weighted by molar-refractivity contribution is -0.172. The van der Waals surface area contributed by atoms with Crippen LogP contribution in [0.3, 0.4) is 0 Å². The normalized spacial score (nSPS) is 27.2. The van der Waals surface area contributed by atoms with E-state index in [2.05, 4.69) is 0 Å². The second-order valence-electron chi connectivity index (χ2n) is 6.92. The van der Waals surface area contributed by atoms with Gasteiger partial charge >= 0.3 is 11.9 Å². The molecule has 28 heavy (non-hydrogen) atoms. The molecule has 0 saturated heterocycles. The molecule has 0 radical (unpaired) electrons. The number of phenols is 1. The van der Waals surface area contributed by atoms with E-state index in [4.69, 9.17) is 14.2 Å². The molecule has 0 bridgehead atoms. The molecule has 8 heteroatoms. The van der Waals surface area contributed by atoms with E-state index >= 15 is 0 Å². The van der Waals surface area contributed by atoms with Gasteiger partial charge in [-0.3, -0.25) is 14.4 Å². The van der Waals surface area contributed by atoms with Crippen LogP contribution in [-0.2, 0) is 23.9 Å². The number of ketones is 1. The van der Waals surface area contributed by atoms with Gasteiger partial charge in [0.15, 0.2) is 17.3 Å². The topological polar surface area (TPSA) is 119 Å². The number of aliphatic hydroxyl groups is 1. The summed E-state index contributed by atoms with van der Waals surface area (Å²) in [6.45, 7) is 4.76. The zero-order valence-corrected chi connectivity index (χ0v) is 16.4. The highest BCUT2D eigenvalue weighted by atomic mass is 16.5. The van der Waals surface area contributed by atoms with Crippen molar-refractivity contribution in [3.63, 3.8) is 0 Å². The first-order valence-electron chi connectivity index (χ1n) is 9.13. The molecular formula is C20H26O8. The largest absolute Gasteiger partial charge is 0.504 e. The van der Waals surface area contributed by atoms with Gasteiger partial charge in [0.25, 0.3) is 0 Å². The lowest BCUT2D eigenvalue weighted by atomic mass is 9.61. The van der Waals surface area contributed by atoms with Crippen molar-refractivity contribution in [1.82, 2.24) is 0 Å². The summed E-state index contributed by atoms with van der Waals surface area (Å²) in [4.78, 5) is 38.1. The third-order valence-electron chi connectivity index (χ3n) is 4.94. The maximum absolute atomic E-state index is 12.8. The number of aromatic hydroxyl groups is 1. The van der Waals surface area contributed by atoms with Crippen LogP contribution in [0, 0.1) is 11.8 Å². The number of phenolic OH excluding ortho intramolecular Hbond substituents is 1. The molecule has 8 nitrogen and oxygen atoms in total. The monoisotopic (exact) mass is 394 g/mol. The molecule has 154 valence electrons. The van der Waals surface area contributed by atoms with Crippen LogP contribution in [0.15, 0.2) is 18.2 Å². The minimum atomic E-state index is -1.72. The molecule has 2 rings (SSSR count). The summed E-state index contributed by atoms with van der Waals surface area (Å²) >= 11 is 0. The van der Waals surface area contributed by atoms with E-state index in [1.165, 1.54) is 32.2 Å². The average Bonchev–Trinajstić information content (AvgIpc) is 2.61. The molecule has 1 fully saturated rings. The molecule has 1 aliphatic rings. The van der Waals surface area contributed by atoms with E-state index in [1.54, 1.807) is 13.8 Å². The van der Waals surface area contributed by atoms with Gasteiger partial charge in [0.05, 0.1) is 31.8 Å². The number of ether oxygens (including phenoxy) is 3. The van der Waals surface area contributed by atoms with Gasteiger partial charge in [0.1, 0.15) is 5.92 Å². The first kappa shape index (κ1) is 21.7. The van der Waals surface area contributed by atoms with E-state index in [1.807, 2.05) is 0 Å². The zero-order valence-electron chi connectivity index (χ0n) is 16.4. The Morgan fingerprint density at radius 1 is 1.18 bits per heavy atom. The predicted molar refractivity (Wildman–Crippen MR) is 97.9 cm³/mol. The Labute approximate surface area is 163 Å². The lowest BCUT2D eigenvalue weighted by Crippen LogP contribution is -2.55. The fourth-order valence-corrected chi connectivity index (χ4v) is 3.78. The highest BCUT2D eigenvalue weighted by Gasteiger charge is 2.57. The van der Waals surface area contributed by atoms with Crippen LogP contribution in [0.4, 0.5) is 0 Å². The number of hydrogen-bond donors (Lipinski definition) is 2. The Balaban J connectivity index is 2.66. The molecule has 4 atom stereocenters. The van der Waals surface area contributed by atoms with Gasteiger partial charge in [0.2, 0.25) is 0 Å². The number of hydrogen-bond acceptors (Lipinski definition) is 8. The van der Waals surface area contributed by atoms with Crippen LogP contribution >= 0.6 is 0 Å². The van der Waals surface area contributed by atoms with Gasteiger partial charge < -0.3 is 24.4 Å². The molecule has 2 N–H and O–H groups in total. The maximum Gasteiger partial charge on any atom is 0.317 e. The van der Waals surface area contributed by atoms with Crippen LogP contribution in [0.5, 0.6) is 11.5 Å². The summed E-state index contributed by atoms with van der Waals surface area (Å²) in [6, 6.07) is 4.26. The van der Waals surface area contributed by atoms with Gasteiger partial charge in [0, 0.05) is 12.3 Å². The standard InChI is InChI=1S/C20H26O8/c1-5-27-18(23)16-13(22)10-20(3,25)17(19(24)28-6-2)15(16)11-7-8-12(21)14(9-11)26-4/h7-9,15-17,21,25H,5-6,10H2,1-4H3/t15-,16-,17-,20-/m1/s1. The minimum absolute atomic E-state index is 0.0642. The second kappa shape index (κ2) is 8.60. The lowest BCUT2D eigenvalue weighted by Gasteiger charge is -2.43. The first-order valence-corrected chi connectivity index (χ1v) is 9.13. The molecule has 0 aromatic heterocycles. The molecule has 0 amide bonds. The fraction of sp³-hybridized carbons (Fsp3) is 0.550. The molecule has 1 aliphatic carbocycles. The van der Waals surface area contributed by atoms with Crippen molar-refractivity contribution in [2.45, 2.75) is 38.7 Å². The van der Waals surface area contributed by atoms with Crippen molar-refractivity contribution in [2.75, 3.05) is 20.3 Å². The number of benzene rings is 1. The third-order valence-corrected chi connectivity index (χ3v) is 4.94. The van der Waals surface area contributed by atoms with Crippen LogP contribution in [0.25, 0.3) is 0 Å². The summed E-state index contributed by atoms with van der Waals surface area (Å²) in [6.07, 6.45) is -0.383. The van der Waals surface area contributed by atoms with Gasteiger partial charge in [-0.15, -0.1) is 0 Å². The number of Topliss-reactive ketones (excluding diaryl/α,β-unsaturated/α-hetero) is 1. The van der Waals surface area contributed by atoms with Crippen molar-refractivity contribution in [3.05, 3.63) is 23.8 Å². The summed E-state index contributed by atoms with van der Waals surface area (Å²) in [5, 5.41) is 20.8. The molecule has 0 spiro atoms. The van der Waals surface area contributed by atoms with Gasteiger partial charge in [-0.05, 0) is 38.5 Å². The van der Waals surface area contributed by atoms with E-state index < -0.39 is 41.1 Å². The van der Waals surface area contributed by atoms with Crippen LogP contribution in [0.2, 0.25) is 0 Å². The van der Waals surface area contributed by atoms with Crippen molar-refractivity contribution >= 4 is 17.7 Å². The second-order valence-corrected chi connectivity index (χ2v) is 6.92. The summed E-state index contributed by atoms with van der Waals surface area (Å²) in [5.74, 6) is -5.55. The fourth-order valence-electron chi connectivity index (χ4n) is 3.78. The summed E-state index contributed by atoms with van der Waals surface area (Å²) in [7, 11) is 1.35. The Hall–Kier alpha value is -2.61. The van der Waals surface area contributed by atoms with Crippen LogP contribution in [0.1, 0.15) is 38.7 Å². The number of rotatable bonds is 6. The molecule has 1 aromatic carbocycles. The number of carbonyl (C=O) groups is 3. The minimum Gasteiger partial charge on any atom is -0.504 e. The Morgan fingerprint density at radius 3 is 2.36 bits per heavy atom. The Morgan fingerprint density at radius 2 is 1.79 bits per heavy atom. The smallest absolute Gasteiger partial charge is 0.317 e. The van der Waals surface area contributed by atoms with Crippen LogP contribution in [-0.4, -0.2) is 53.9 Å². The SMILES string of the molecule is CCOC(=O)[C@@H]1C(=O)C[C@@](C)(O)[C@@H](C(=O)OCC)[C@@H]1c1ccc(O)c(OC)c1. The number of methoxy groups -OCH3 is 1. The molecule has 0 aliphatic heterocycles. The quantitative estimate of drug-likeness (QED) is 0.551. The van der Waals surface area contributed by atoms with Gasteiger partial charge in [-0.1, -0.05) is 6.07 Å². The Kier molecular flexibility index (Phi) is 6.66. The van der Waals surface area contributed by atoms with Crippen LogP contribution < -0.4 is 4.74 Å². The van der Waals surface area contributed by atoms with Crippen molar-refractivity contribution in [2.24, 2.45) is 11.8 Å².